The van der Waals surface area contributed by atoms with Gasteiger partial charge in [0.2, 0.25) is 5.78 Å². The van der Waals surface area contributed by atoms with Gasteiger partial charge in [-0.15, -0.1) is 0 Å². The van der Waals surface area contributed by atoms with Crippen molar-refractivity contribution in [2.24, 2.45) is 5.92 Å². The van der Waals surface area contributed by atoms with Gasteiger partial charge in [0, 0.05) is 35.6 Å². The normalized spacial score (nSPS) is 11.8. The molecule has 3 aromatic heterocycles. The largest absolute Gasteiger partial charge is 0.323 e. The molecule has 3 heterocycles. The molecule has 5 nitrogen and oxygen atoms in total. The number of fused-ring (bicyclic) bond motifs is 1. The highest BCUT2D eigenvalue weighted by atomic mass is 32.2. The lowest BCUT2D eigenvalue weighted by Gasteiger charge is -2.11. The van der Waals surface area contributed by atoms with Crippen LogP contribution in [0.3, 0.4) is 0 Å². The predicted octanol–water partition coefficient (Wildman–Crippen LogP) is 4.11. The first-order valence-corrected chi connectivity index (χ1v) is 9.32. The molecule has 0 atom stereocenters. The quantitative estimate of drug-likeness (QED) is 0.654. The molecular weight excluding hydrogens is 318 g/mol. The summed E-state index contributed by atoms with van der Waals surface area (Å²) in [4.78, 5) is 13.9. The minimum absolute atomic E-state index is 0.599. The van der Waals surface area contributed by atoms with Crippen molar-refractivity contribution in [3.05, 3.63) is 40.7 Å². The van der Waals surface area contributed by atoms with E-state index in [-0.39, 0.29) is 0 Å². The maximum atomic E-state index is 4.74. The molecule has 0 saturated carbocycles. The molecule has 0 radical (unpaired) electrons. The van der Waals surface area contributed by atoms with Gasteiger partial charge in [-0.25, -0.2) is 15.0 Å². The second kappa shape index (κ2) is 6.59. The van der Waals surface area contributed by atoms with Gasteiger partial charge >= 0.3 is 0 Å². The zero-order valence-corrected chi connectivity index (χ0v) is 16.1. The van der Waals surface area contributed by atoms with Crippen LogP contribution < -0.4 is 0 Å². The summed E-state index contributed by atoms with van der Waals surface area (Å²) in [6.45, 7) is 13.8. The van der Waals surface area contributed by atoms with E-state index in [1.807, 2.05) is 6.92 Å². The Balaban J connectivity index is 1.83. The van der Waals surface area contributed by atoms with Gasteiger partial charge in [-0.2, -0.15) is 0 Å². The molecule has 0 aliphatic rings. The Morgan fingerprint density at radius 3 is 2.54 bits per heavy atom. The van der Waals surface area contributed by atoms with E-state index in [0.29, 0.717) is 5.92 Å². The van der Waals surface area contributed by atoms with Gasteiger partial charge in [0.15, 0.2) is 5.16 Å². The molecule has 128 valence electrons. The number of hydrogen-bond acceptors (Lipinski definition) is 4. The lowest BCUT2D eigenvalue weighted by Crippen LogP contribution is -2.07. The third-order valence-corrected chi connectivity index (χ3v) is 5.14. The average molecular weight is 344 g/mol. The third kappa shape index (κ3) is 3.34. The van der Waals surface area contributed by atoms with Crippen molar-refractivity contribution < 1.29 is 0 Å². The van der Waals surface area contributed by atoms with Crippen LogP contribution in [0, 0.1) is 33.6 Å². The third-order valence-electron chi connectivity index (χ3n) is 4.13. The Morgan fingerprint density at radius 2 is 1.83 bits per heavy atom. The lowest BCUT2D eigenvalue weighted by atomic mass is 10.2. The van der Waals surface area contributed by atoms with E-state index in [1.165, 1.54) is 5.69 Å². The van der Waals surface area contributed by atoms with Crippen LogP contribution in [0.4, 0.5) is 0 Å². The molecule has 0 unspecified atom stereocenters. The van der Waals surface area contributed by atoms with Gasteiger partial charge in [0.25, 0.3) is 0 Å². The summed E-state index contributed by atoms with van der Waals surface area (Å²) in [7, 11) is 0. The molecule has 0 aliphatic heterocycles. The van der Waals surface area contributed by atoms with Gasteiger partial charge in [0.1, 0.15) is 0 Å². The number of aromatic nitrogens is 5. The topological polar surface area (TPSA) is 48.0 Å². The van der Waals surface area contributed by atoms with Crippen LogP contribution in [0.25, 0.3) is 5.78 Å². The molecule has 6 heteroatoms. The van der Waals surface area contributed by atoms with Crippen molar-refractivity contribution in [2.45, 2.75) is 59.0 Å². The number of nitrogens with zero attached hydrogens (tertiary/aromatic N) is 5. The van der Waals surface area contributed by atoms with Crippen molar-refractivity contribution in [1.82, 2.24) is 23.9 Å². The van der Waals surface area contributed by atoms with Crippen LogP contribution in [0.15, 0.2) is 17.4 Å². The summed E-state index contributed by atoms with van der Waals surface area (Å²) in [6.07, 6.45) is 2.08. The summed E-state index contributed by atoms with van der Waals surface area (Å²) >= 11 is 1.75. The SMILES string of the molecule is Cc1cc(C)n2cc(CSc3nc(C)c(C)n3CC(C)C)nc2n1. The van der Waals surface area contributed by atoms with Crippen LogP contribution in [-0.2, 0) is 12.3 Å². The average Bonchev–Trinajstić information content (AvgIpc) is 3.01. The molecule has 24 heavy (non-hydrogen) atoms. The van der Waals surface area contributed by atoms with E-state index in [2.05, 4.69) is 65.8 Å². The molecule has 0 aromatic carbocycles. The van der Waals surface area contributed by atoms with Gasteiger partial charge in [0.05, 0.1) is 11.4 Å². The Hall–Kier alpha value is -1.82. The van der Waals surface area contributed by atoms with Crippen molar-refractivity contribution in [1.29, 1.82) is 0 Å². The maximum Gasteiger partial charge on any atom is 0.234 e. The molecule has 0 bridgehead atoms. The Bertz CT molecular complexity index is 875. The second-order valence-corrected chi connectivity index (χ2v) is 7.74. The van der Waals surface area contributed by atoms with Gasteiger partial charge in [-0.3, -0.25) is 4.40 Å². The lowest BCUT2D eigenvalue weighted by molar-refractivity contribution is 0.486. The van der Waals surface area contributed by atoms with Crippen LogP contribution in [0.1, 0.15) is 42.3 Å². The fraction of sp³-hybridized carbons (Fsp3) is 0.500. The van der Waals surface area contributed by atoms with Crippen LogP contribution >= 0.6 is 11.8 Å². The minimum atomic E-state index is 0.599. The highest BCUT2D eigenvalue weighted by Crippen LogP contribution is 2.25. The van der Waals surface area contributed by atoms with Crippen molar-refractivity contribution in [3.63, 3.8) is 0 Å². The standard InChI is InChI=1S/C18H25N5S/c1-11(2)8-23-15(6)14(5)20-18(23)24-10-16-9-22-13(4)7-12(3)19-17(22)21-16/h7,9,11H,8,10H2,1-6H3. The monoisotopic (exact) mass is 343 g/mol. The first-order valence-electron chi connectivity index (χ1n) is 8.34. The Kier molecular flexibility index (Phi) is 4.67. The van der Waals surface area contributed by atoms with E-state index >= 15 is 0 Å². The summed E-state index contributed by atoms with van der Waals surface area (Å²) in [5, 5.41) is 1.08. The predicted molar refractivity (Wildman–Crippen MR) is 98.6 cm³/mol. The van der Waals surface area contributed by atoms with Crippen LogP contribution in [0.2, 0.25) is 0 Å². The van der Waals surface area contributed by atoms with E-state index in [9.17, 15) is 0 Å². The number of hydrogen-bond donors (Lipinski definition) is 0. The number of thioether (sulfide) groups is 1. The summed E-state index contributed by atoms with van der Waals surface area (Å²) in [5.74, 6) is 2.18. The summed E-state index contributed by atoms with van der Waals surface area (Å²) in [6, 6.07) is 2.08. The van der Waals surface area contributed by atoms with E-state index < -0.39 is 0 Å². The number of aryl methyl sites for hydroxylation is 3. The zero-order chi connectivity index (χ0) is 17.4. The fourth-order valence-corrected chi connectivity index (χ4v) is 3.82. The van der Waals surface area contributed by atoms with Gasteiger partial charge in [-0.1, -0.05) is 25.6 Å². The van der Waals surface area contributed by atoms with E-state index in [1.54, 1.807) is 11.8 Å². The molecule has 0 amide bonds. The molecule has 0 fully saturated rings. The fourth-order valence-electron chi connectivity index (χ4n) is 2.84. The Labute approximate surface area is 147 Å². The van der Waals surface area contributed by atoms with Gasteiger partial charge < -0.3 is 4.57 Å². The molecule has 0 saturated heterocycles. The molecular formula is C18H25N5S. The van der Waals surface area contributed by atoms with Crippen molar-refractivity contribution in [3.8, 4) is 0 Å². The molecule has 0 aliphatic carbocycles. The van der Waals surface area contributed by atoms with Crippen LogP contribution in [-0.4, -0.2) is 23.9 Å². The van der Waals surface area contributed by atoms with Crippen molar-refractivity contribution >= 4 is 17.5 Å². The Morgan fingerprint density at radius 1 is 1.08 bits per heavy atom. The van der Waals surface area contributed by atoms with Gasteiger partial charge in [-0.05, 0) is 39.7 Å². The smallest absolute Gasteiger partial charge is 0.234 e. The van der Waals surface area contributed by atoms with E-state index in [0.717, 1.165) is 46.0 Å². The highest BCUT2D eigenvalue weighted by molar-refractivity contribution is 7.98. The highest BCUT2D eigenvalue weighted by Gasteiger charge is 2.14. The first kappa shape index (κ1) is 17.0. The van der Waals surface area contributed by atoms with Crippen LogP contribution in [0.5, 0.6) is 0 Å². The molecule has 3 rings (SSSR count). The second-order valence-electron chi connectivity index (χ2n) is 6.80. The summed E-state index contributed by atoms with van der Waals surface area (Å²) < 4.78 is 4.38. The summed E-state index contributed by atoms with van der Waals surface area (Å²) in [5.41, 5.74) is 5.57. The molecule has 0 N–H and O–H groups in total. The maximum absolute atomic E-state index is 4.74. The first-order chi connectivity index (χ1) is 11.3. The molecule has 3 aromatic rings. The van der Waals surface area contributed by atoms with E-state index in [4.69, 9.17) is 4.98 Å². The molecule has 0 spiro atoms. The number of imidazole rings is 2. The minimum Gasteiger partial charge on any atom is -0.323 e. The zero-order valence-electron chi connectivity index (χ0n) is 15.3. The van der Waals surface area contributed by atoms with Crippen molar-refractivity contribution in [2.75, 3.05) is 0 Å². The number of rotatable bonds is 5.